The summed E-state index contributed by atoms with van der Waals surface area (Å²) in [6.45, 7) is 11.3. The maximum Gasteiger partial charge on any atom is 0.236 e. The highest BCUT2D eigenvalue weighted by Gasteiger charge is 2.31. The maximum absolute atomic E-state index is 12.1. The first-order valence-corrected chi connectivity index (χ1v) is 7.86. The Morgan fingerprint density at radius 3 is 2.63 bits per heavy atom. The summed E-state index contributed by atoms with van der Waals surface area (Å²) < 4.78 is 0. The van der Waals surface area contributed by atoms with Crippen molar-refractivity contribution in [3.8, 4) is 0 Å². The van der Waals surface area contributed by atoms with Crippen LogP contribution in [0, 0.1) is 5.92 Å². The van der Waals surface area contributed by atoms with Gasteiger partial charge in [-0.05, 0) is 59.0 Å². The second-order valence-corrected chi connectivity index (χ2v) is 6.29. The lowest BCUT2D eigenvalue weighted by molar-refractivity contribution is -0.130. The Kier molecular flexibility index (Phi) is 5.22. The van der Waals surface area contributed by atoms with Crippen LogP contribution in [0.4, 0.5) is 0 Å². The lowest BCUT2D eigenvalue weighted by Crippen LogP contribution is -2.41. The Hall–Kier alpha value is -0.610. The van der Waals surface area contributed by atoms with Crippen molar-refractivity contribution in [1.82, 2.24) is 15.1 Å². The minimum Gasteiger partial charge on any atom is -0.339 e. The van der Waals surface area contributed by atoms with Crippen molar-refractivity contribution in [2.24, 2.45) is 5.92 Å². The van der Waals surface area contributed by atoms with Crippen molar-refractivity contribution < 1.29 is 4.79 Å². The second-order valence-electron chi connectivity index (χ2n) is 6.29. The molecule has 1 aliphatic carbocycles. The lowest BCUT2D eigenvalue weighted by Gasteiger charge is -2.22. The summed E-state index contributed by atoms with van der Waals surface area (Å²) in [4.78, 5) is 16.6. The molecular weight excluding hydrogens is 238 g/mol. The largest absolute Gasteiger partial charge is 0.339 e. The summed E-state index contributed by atoms with van der Waals surface area (Å²) in [6, 6.07) is 1.19. The summed E-state index contributed by atoms with van der Waals surface area (Å²) in [7, 11) is 0. The first-order chi connectivity index (χ1) is 9.11. The van der Waals surface area contributed by atoms with Gasteiger partial charge in [0, 0.05) is 25.2 Å². The summed E-state index contributed by atoms with van der Waals surface area (Å²) >= 11 is 0. The van der Waals surface area contributed by atoms with E-state index in [0.717, 1.165) is 13.1 Å². The molecule has 1 unspecified atom stereocenters. The molecule has 2 aliphatic rings. The van der Waals surface area contributed by atoms with Gasteiger partial charge < -0.3 is 15.1 Å². The molecule has 110 valence electrons. The van der Waals surface area contributed by atoms with Gasteiger partial charge in [-0.2, -0.15) is 0 Å². The van der Waals surface area contributed by atoms with E-state index in [9.17, 15) is 4.79 Å². The number of carbonyl (C=O) groups excluding carboxylic acids is 1. The highest BCUT2D eigenvalue weighted by atomic mass is 16.2. The molecule has 1 saturated carbocycles. The molecule has 1 amide bonds. The van der Waals surface area contributed by atoms with E-state index in [1.807, 2.05) is 4.90 Å². The van der Waals surface area contributed by atoms with E-state index >= 15 is 0 Å². The normalized spacial score (nSPS) is 24.1. The van der Waals surface area contributed by atoms with Crippen LogP contribution in [0.2, 0.25) is 0 Å². The van der Waals surface area contributed by atoms with Crippen molar-refractivity contribution >= 4 is 5.91 Å². The molecule has 2 rings (SSSR count). The average Bonchev–Trinajstić information content (AvgIpc) is 3.07. The Morgan fingerprint density at radius 1 is 1.37 bits per heavy atom. The van der Waals surface area contributed by atoms with Crippen molar-refractivity contribution in [2.45, 2.75) is 52.1 Å². The van der Waals surface area contributed by atoms with Crippen molar-refractivity contribution in [1.29, 1.82) is 0 Å². The van der Waals surface area contributed by atoms with Gasteiger partial charge in [0.2, 0.25) is 5.91 Å². The van der Waals surface area contributed by atoms with Crippen LogP contribution in [-0.2, 0) is 4.79 Å². The van der Waals surface area contributed by atoms with Gasteiger partial charge in [-0.25, -0.2) is 0 Å². The predicted octanol–water partition coefficient (Wildman–Crippen LogP) is 1.32. The van der Waals surface area contributed by atoms with Gasteiger partial charge in [0.25, 0.3) is 0 Å². The van der Waals surface area contributed by atoms with Crippen LogP contribution < -0.4 is 5.32 Å². The van der Waals surface area contributed by atoms with E-state index in [1.54, 1.807) is 0 Å². The second kappa shape index (κ2) is 6.71. The molecule has 0 aromatic carbocycles. The van der Waals surface area contributed by atoms with Crippen LogP contribution in [0.25, 0.3) is 0 Å². The number of likely N-dealkylation sites (tertiary alicyclic amines) is 1. The van der Waals surface area contributed by atoms with Crippen molar-refractivity contribution in [3.05, 3.63) is 0 Å². The van der Waals surface area contributed by atoms with Gasteiger partial charge in [0.15, 0.2) is 0 Å². The third-order valence-corrected chi connectivity index (χ3v) is 4.41. The summed E-state index contributed by atoms with van der Waals surface area (Å²) in [5, 5.41) is 3.37. The van der Waals surface area contributed by atoms with Crippen LogP contribution in [-0.4, -0.2) is 60.5 Å². The van der Waals surface area contributed by atoms with Gasteiger partial charge in [0.1, 0.15) is 0 Å². The molecule has 0 aromatic heterocycles. The highest BCUT2D eigenvalue weighted by Crippen LogP contribution is 2.26. The molecule has 1 N–H and O–H groups in total. The van der Waals surface area contributed by atoms with E-state index in [-0.39, 0.29) is 5.91 Å². The summed E-state index contributed by atoms with van der Waals surface area (Å²) in [6.07, 6.45) is 3.66. The van der Waals surface area contributed by atoms with Crippen LogP contribution >= 0.6 is 0 Å². The van der Waals surface area contributed by atoms with Crippen molar-refractivity contribution in [2.75, 3.05) is 32.7 Å². The molecule has 1 atom stereocenters. The molecule has 19 heavy (non-hydrogen) atoms. The van der Waals surface area contributed by atoms with Crippen LogP contribution in [0.5, 0.6) is 0 Å². The zero-order valence-electron chi connectivity index (χ0n) is 12.7. The Balaban J connectivity index is 1.62. The smallest absolute Gasteiger partial charge is 0.236 e. The zero-order valence-corrected chi connectivity index (χ0v) is 12.7. The molecule has 1 saturated heterocycles. The lowest BCUT2D eigenvalue weighted by atomic mass is 10.1. The molecule has 4 heteroatoms. The number of carbonyl (C=O) groups is 1. The maximum atomic E-state index is 12.1. The van der Waals surface area contributed by atoms with Gasteiger partial charge in [0.05, 0.1) is 6.54 Å². The molecule has 0 radical (unpaired) electrons. The SMILES string of the molecule is CCN(C(=O)CNCC1CCN(C(C)C)C1)C1CC1. The number of amides is 1. The quantitative estimate of drug-likeness (QED) is 0.755. The Bertz CT molecular complexity index is 302. The molecule has 0 spiro atoms. The summed E-state index contributed by atoms with van der Waals surface area (Å²) in [5.74, 6) is 0.995. The fraction of sp³-hybridized carbons (Fsp3) is 0.933. The van der Waals surface area contributed by atoms with Crippen molar-refractivity contribution in [3.63, 3.8) is 0 Å². The molecule has 1 heterocycles. The number of hydrogen-bond donors (Lipinski definition) is 1. The van der Waals surface area contributed by atoms with Crippen LogP contribution in [0.15, 0.2) is 0 Å². The van der Waals surface area contributed by atoms with Gasteiger partial charge in [-0.1, -0.05) is 0 Å². The van der Waals surface area contributed by atoms with E-state index in [4.69, 9.17) is 0 Å². The van der Waals surface area contributed by atoms with E-state index in [2.05, 4.69) is 31.0 Å². The third-order valence-electron chi connectivity index (χ3n) is 4.41. The molecule has 2 fully saturated rings. The highest BCUT2D eigenvalue weighted by molar-refractivity contribution is 5.78. The number of hydrogen-bond acceptors (Lipinski definition) is 3. The topological polar surface area (TPSA) is 35.6 Å². The zero-order chi connectivity index (χ0) is 13.8. The number of nitrogens with one attached hydrogen (secondary N) is 1. The number of rotatable bonds is 7. The standard InChI is InChI=1S/C15H29N3O/c1-4-18(14-5-6-14)15(19)10-16-9-13-7-8-17(11-13)12(2)3/h12-14,16H,4-11H2,1-3H3. The van der Waals surface area contributed by atoms with E-state index < -0.39 is 0 Å². The predicted molar refractivity (Wildman–Crippen MR) is 78.1 cm³/mol. The van der Waals surface area contributed by atoms with Gasteiger partial charge in [-0.3, -0.25) is 4.79 Å². The molecule has 0 aromatic rings. The van der Waals surface area contributed by atoms with E-state index in [1.165, 1.54) is 32.4 Å². The Labute approximate surface area is 117 Å². The van der Waals surface area contributed by atoms with E-state index in [0.29, 0.717) is 24.5 Å². The first kappa shape index (κ1) is 14.8. The van der Waals surface area contributed by atoms with Crippen LogP contribution in [0.3, 0.4) is 0 Å². The molecule has 4 nitrogen and oxygen atoms in total. The average molecular weight is 267 g/mol. The van der Waals surface area contributed by atoms with Gasteiger partial charge >= 0.3 is 0 Å². The fourth-order valence-electron chi connectivity index (χ4n) is 3.01. The van der Waals surface area contributed by atoms with Gasteiger partial charge in [-0.15, -0.1) is 0 Å². The Morgan fingerprint density at radius 2 is 2.11 bits per heavy atom. The molecular formula is C15H29N3O. The summed E-state index contributed by atoms with van der Waals surface area (Å²) in [5.41, 5.74) is 0. The monoisotopic (exact) mass is 267 g/mol. The fourth-order valence-corrected chi connectivity index (χ4v) is 3.01. The third kappa shape index (κ3) is 4.18. The van der Waals surface area contributed by atoms with Crippen LogP contribution in [0.1, 0.15) is 40.0 Å². The molecule has 1 aliphatic heterocycles. The number of nitrogens with zero attached hydrogens (tertiary/aromatic N) is 2. The molecule has 0 bridgehead atoms. The first-order valence-electron chi connectivity index (χ1n) is 7.86. The number of likely N-dealkylation sites (N-methyl/N-ethyl adjacent to an activating group) is 1. The minimum absolute atomic E-state index is 0.281. The minimum atomic E-state index is 0.281.